The molecule has 1 amide bonds. The molecule has 5 aromatic rings. The largest absolute Gasteiger partial charge is 0.371 e. The van der Waals surface area contributed by atoms with E-state index in [1.807, 2.05) is 31.2 Å². The van der Waals surface area contributed by atoms with Crippen molar-refractivity contribution in [2.75, 3.05) is 42.9 Å². The Bertz CT molecular complexity index is 1980. The van der Waals surface area contributed by atoms with E-state index in [2.05, 4.69) is 25.1 Å². The molecule has 0 radical (unpaired) electrons. The first-order valence-corrected chi connectivity index (χ1v) is 17.4. The zero-order chi connectivity index (χ0) is 34.0. The minimum atomic E-state index is -2.80. The Kier molecular flexibility index (Phi) is 8.18. The molecule has 2 unspecified atom stereocenters. The van der Waals surface area contributed by atoms with Crippen molar-refractivity contribution in [1.82, 2.24) is 29.2 Å². The molecule has 256 valence electrons. The molecule has 0 spiro atoms. The number of alkyl halides is 4. The van der Waals surface area contributed by atoms with Gasteiger partial charge in [-0.05, 0) is 60.6 Å². The Morgan fingerprint density at radius 1 is 1.06 bits per heavy atom. The second-order valence-electron chi connectivity index (χ2n) is 13.5. The van der Waals surface area contributed by atoms with Gasteiger partial charge in [0.15, 0.2) is 11.2 Å². The maximum absolute atomic E-state index is 14.7. The SMILES string of the molecule is Cc1c(-c2ccc(N3C[C@H]4CN(CC(C)F)C[C@H]4C3)cc2)cc(C(F)F)c2cn(C(C(=O)Nc3nccs3)c3ncn4c3C[C@@H](F)C4)nc12. The number of nitrogens with one attached hydrogen (secondary N) is 1. The Morgan fingerprint density at radius 3 is 2.49 bits per heavy atom. The second kappa shape index (κ2) is 12.5. The van der Waals surface area contributed by atoms with Crippen LogP contribution in [0.4, 0.5) is 28.4 Å². The fourth-order valence-electron chi connectivity index (χ4n) is 7.97. The number of fused-ring (bicyclic) bond motifs is 3. The smallest absolute Gasteiger partial charge is 0.264 e. The van der Waals surface area contributed by atoms with Crippen LogP contribution < -0.4 is 10.2 Å². The van der Waals surface area contributed by atoms with Crippen molar-refractivity contribution in [1.29, 1.82) is 0 Å². The van der Waals surface area contributed by atoms with Crippen molar-refractivity contribution < 1.29 is 22.4 Å². The molecule has 2 saturated heterocycles. The summed E-state index contributed by atoms with van der Waals surface area (Å²) in [5, 5.41) is 9.87. The number of carbonyl (C=O) groups excluding carboxylic acids is 1. The molecular weight excluding hydrogens is 656 g/mol. The normalized spacial score (nSPS) is 21.9. The van der Waals surface area contributed by atoms with Crippen molar-refractivity contribution >= 4 is 39.0 Å². The van der Waals surface area contributed by atoms with E-state index < -0.39 is 30.7 Å². The molecule has 0 saturated carbocycles. The standard InChI is InChI=1S/C35H36F4N8OS/c1-19(36)11-44-12-22-14-45(15-23(22)13-44)25-5-3-21(4-6-25)26-10-27(33(38)39)28-17-47(43-30(28)20(26)2)32(34(48)42-35-40-7-8-49-35)31-29-9-24(37)16-46(29)18-41-31/h3-8,10,17-19,22-24,32-33H,9,11-16H2,1-2H3,(H,40,42,48)/t19?,22-,23+,24-,32?/m1/s1. The third-order valence-corrected chi connectivity index (χ3v) is 10.9. The number of likely N-dealkylation sites (tertiary alicyclic amines) is 1. The molecule has 2 fully saturated rings. The first-order chi connectivity index (χ1) is 23.6. The first-order valence-electron chi connectivity index (χ1n) is 16.5. The molecule has 3 aromatic heterocycles. The molecule has 8 rings (SSSR count). The van der Waals surface area contributed by atoms with Gasteiger partial charge >= 0.3 is 0 Å². The minimum Gasteiger partial charge on any atom is -0.371 e. The highest BCUT2D eigenvalue weighted by atomic mass is 32.1. The van der Waals surface area contributed by atoms with E-state index >= 15 is 0 Å². The van der Waals surface area contributed by atoms with Crippen molar-refractivity contribution in [3.63, 3.8) is 0 Å². The number of thiazole rings is 1. The topological polar surface area (TPSA) is 84.1 Å². The van der Waals surface area contributed by atoms with Crippen LogP contribution in [0.3, 0.4) is 0 Å². The highest BCUT2D eigenvalue weighted by molar-refractivity contribution is 7.13. The number of rotatable bonds is 9. The van der Waals surface area contributed by atoms with Crippen molar-refractivity contribution in [2.24, 2.45) is 11.8 Å². The van der Waals surface area contributed by atoms with Gasteiger partial charge in [-0.1, -0.05) is 12.1 Å². The zero-order valence-corrected chi connectivity index (χ0v) is 27.9. The lowest BCUT2D eigenvalue weighted by Gasteiger charge is -2.23. The number of hydrogen-bond acceptors (Lipinski definition) is 7. The van der Waals surface area contributed by atoms with Gasteiger partial charge in [-0.25, -0.2) is 27.5 Å². The Balaban J connectivity index is 1.12. The number of aryl methyl sites for hydroxylation is 1. The minimum absolute atomic E-state index is 0.0915. The molecule has 2 aromatic carbocycles. The van der Waals surface area contributed by atoms with Gasteiger partial charge in [0.05, 0.1) is 24.1 Å². The molecular formula is C35H36F4N8OS. The Hall–Kier alpha value is -4.30. The summed E-state index contributed by atoms with van der Waals surface area (Å²) in [6.07, 6.45) is -0.109. The lowest BCUT2D eigenvalue weighted by molar-refractivity contribution is -0.118. The first kappa shape index (κ1) is 31.9. The van der Waals surface area contributed by atoms with Crippen LogP contribution in [0.25, 0.3) is 22.0 Å². The molecule has 1 N–H and O–H groups in total. The molecule has 0 aliphatic carbocycles. The van der Waals surface area contributed by atoms with Crippen LogP contribution in [-0.2, 0) is 17.8 Å². The van der Waals surface area contributed by atoms with E-state index in [1.165, 1.54) is 34.6 Å². The predicted octanol–water partition coefficient (Wildman–Crippen LogP) is 6.45. The number of anilines is 2. The van der Waals surface area contributed by atoms with E-state index in [1.54, 1.807) is 23.1 Å². The zero-order valence-electron chi connectivity index (χ0n) is 27.1. The predicted molar refractivity (Wildman–Crippen MR) is 181 cm³/mol. The lowest BCUT2D eigenvalue weighted by Crippen LogP contribution is -2.32. The molecule has 0 bridgehead atoms. The van der Waals surface area contributed by atoms with Gasteiger partial charge in [-0.3, -0.25) is 19.7 Å². The maximum Gasteiger partial charge on any atom is 0.264 e. The Labute approximate surface area is 284 Å². The molecule has 3 aliphatic heterocycles. The quantitative estimate of drug-likeness (QED) is 0.179. The number of benzene rings is 2. The van der Waals surface area contributed by atoms with Crippen LogP contribution in [0.2, 0.25) is 0 Å². The lowest BCUT2D eigenvalue weighted by atomic mass is 9.95. The third kappa shape index (κ3) is 5.88. The summed E-state index contributed by atoms with van der Waals surface area (Å²) in [6, 6.07) is 8.33. The third-order valence-electron chi connectivity index (χ3n) is 10.2. The van der Waals surface area contributed by atoms with E-state index in [0.717, 1.165) is 37.4 Å². The van der Waals surface area contributed by atoms with E-state index in [9.17, 15) is 22.4 Å². The summed E-state index contributed by atoms with van der Waals surface area (Å²) >= 11 is 1.24. The van der Waals surface area contributed by atoms with Gasteiger partial charge in [-0.15, -0.1) is 11.3 Å². The number of amides is 1. The number of hydrogen-bond donors (Lipinski definition) is 1. The van der Waals surface area contributed by atoms with Crippen LogP contribution in [0.5, 0.6) is 0 Å². The summed E-state index contributed by atoms with van der Waals surface area (Å²) in [7, 11) is 0. The number of aromatic nitrogens is 5. The van der Waals surface area contributed by atoms with Crippen molar-refractivity contribution in [2.45, 2.75) is 51.6 Å². The van der Waals surface area contributed by atoms with Crippen LogP contribution in [0, 0.1) is 18.8 Å². The van der Waals surface area contributed by atoms with Gasteiger partial charge < -0.3 is 9.47 Å². The molecule has 6 heterocycles. The second-order valence-corrected chi connectivity index (χ2v) is 14.4. The highest BCUT2D eigenvalue weighted by Crippen LogP contribution is 2.40. The van der Waals surface area contributed by atoms with Gasteiger partial charge in [0.1, 0.15) is 12.3 Å². The van der Waals surface area contributed by atoms with E-state index in [4.69, 9.17) is 5.10 Å². The average Bonchev–Trinajstić information content (AvgIpc) is 3.89. The fourth-order valence-corrected chi connectivity index (χ4v) is 8.50. The maximum atomic E-state index is 14.7. The van der Waals surface area contributed by atoms with Gasteiger partial charge in [-0.2, -0.15) is 5.10 Å². The fraction of sp³-hybridized carbons (Fsp3) is 0.429. The van der Waals surface area contributed by atoms with Crippen LogP contribution in [0.1, 0.15) is 41.9 Å². The molecule has 49 heavy (non-hydrogen) atoms. The summed E-state index contributed by atoms with van der Waals surface area (Å²) in [4.78, 5) is 27.0. The molecule has 9 nitrogen and oxygen atoms in total. The van der Waals surface area contributed by atoms with E-state index in [0.29, 0.717) is 51.5 Å². The monoisotopic (exact) mass is 692 g/mol. The number of carbonyl (C=O) groups is 1. The van der Waals surface area contributed by atoms with Crippen LogP contribution in [0.15, 0.2) is 54.4 Å². The van der Waals surface area contributed by atoms with Crippen molar-refractivity contribution in [3.05, 3.63) is 76.9 Å². The van der Waals surface area contributed by atoms with Gasteiger partial charge in [0.2, 0.25) is 0 Å². The van der Waals surface area contributed by atoms with Gasteiger partial charge in [0.25, 0.3) is 12.3 Å². The highest BCUT2D eigenvalue weighted by Gasteiger charge is 2.40. The number of imidazole rings is 1. The number of nitrogens with zero attached hydrogens (tertiary/aromatic N) is 7. The van der Waals surface area contributed by atoms with E-state index in [-0.39, 0.29) is 23.9 Å². The van der Waals surface area contributed by atoms with Crippen LogP contribution >= 0.6 is 11.3 Å². The van der Waals surface area contributed by atoms with Crippen LogP contribution in [-0.4, -0.2) is 80.2 Å². The van der Waals surface area contributed by atoms with Crippen molar-refractivity contribution in [3.8, 4) is 11.1 Å². The average molecular weight is 693 g/mol. The molecule has 3 aliphatic rings. The summed E-state index contributed by atoms with van der Waals surface area (Å²) in [5.74, 6) is 0.496. The molecule has 5 atom stereocenters. The summed E-state index contributed by atoms with van der Waals surface area (Å²) in [6.45, 7) is 7.69. The Morgan fingerprint density at radius 2 is 1.82 bits per heavy atom. The number of halogens is 4. The molecule has 14 heteroatoms. The van der Waals surface area contributed by atoms with Gasteiger partial charge in [0, 0.05) is 79.2 Å². The summed E-state index contributed by atoms with van der Waals surface area (Å²) < 4.78 is 60.4. The summed E-state index contributed by atoms with van der Waals surface area (Å²) in [5.41, 5.74) is 4.23.